The van der Waals surface area contributed by atoms with Crippen molar-refractivity contribution in [3.8, 4) is 0 Å². The molecule has 1 aliphatic rings. The van der Waals surface area contributed by atoms with E-state index in [1.807, 2.05) is 12.1 Å². The van der Waals surface area contributed by atoms with Crippen LogP contribution in [0, 0.1) is 5.92 Å². The maximum absolute atomic E-state index is 12.1. The zero-order valence-electron chi connectivity index (χ0n) is 12.2. The van der Waals surface area contributed by atoms with Gasteiger partial charge in [0.25, 0.3) is 0 Å². The Labute approximate surface area is 140 Å². The second-order valence-electron chi connectivity index (χ2n) is 5.60. The van der Waals surface area contributed by atoms with Crippen LogP contribution in [0.2, 0.25) is 10.0 Å². The summed E-state index contributed by atoms with van der Waals surface area (Å²) in [5.41, 5.74) is 1.06. The minimum Gasteiger partial charge on any atom is -0.481 e. The molecule has 0 bridgehead atoms. The standard InChI is InChI=1S/C16H19Cl2NO3/c17-13-5-4-11(10-14(13)18)2-1-3-15(20)19-8-6-12(7-9-19)16(21)22/h4-5,10,12H,1-3,6-9H2,(H,21,22). The van der Waals surface area contributed by atoms with Crippen LogP contribution >= 0.6 is 23.2 Å². The Bertz CT molecular complexity index is 554. The fourth-order valence-electron chi connectivity index (χ4n) is 2.67. The van der Waals surface area contributed by atoms with Gasteiger partial charge in [-0.05, 0) is 43.4 Å². The molecule has 0 atom stereocenters. The van der Waals surface area contributed by atoms with Gasteiger partial charge in [0.2, 0.25) is 5.91 Å². The van der Waals surface area contributed by atoms with Crippen LogP contribution in [0.4, 0.5) is 0 Å². The lowest BCUT2D eigenvalue weighted by molar-refractivity contribution is -0.145. The number of likely N-dealkylation sites (tertiary alicyclic amines) is 1. The molecule has 1 aliphatic heterocycles. The van der Waals surface area contributed by atoms with Crippen molar-refractivity contribution in [3.63, 3.8) is 0 Å². The zero-order valence-corrected chi connectivity index (χ0v) is 13.7. The minimum absolute atomic E-state index is 0.101. The molecule has 0 spiro atoms. The van der Waals surface area contributed by atoms with Gasteiger partial charge in [0.15, 0.2) is 0 Å². The van der Waals surface area contributed by atoms with Crippen molar-refractivity contribution >= 4 is 35.1 Å². The lowest BCUT2D eigenvalue weighted by Crippen LogP contribution is -2.40. The molecular weight excluding hydrogens is 325 g/mol. The SMILES string of the molecule is O=C(O)C1CCN(C(=O)CCCc2ccc(Cl)c(Cl)c2)CC1. The fourth-order valence-corrected chi connectivity index (χ4v) is 2.99. The second kappa shape index (κ2) is 7.84. The summed E-state index contributed by atoms with van der Waals surface area (Å²) in [6, 6.07) is 5.50. The predicted molar refractivity (Wildman–Crippen MR) is 86.3 cm³/mol. The van der Waals surface area contributed by atoms with Crippen molar-refractivity contribution < 1.29 is 14.7 Å². The number of aryl methyl sites for hydroxylation is 1. The third-order valence-corrected chi connectivity index (χ3v) is 4.78. The van der Waals surface area contributed by atoms with Crippen molar-refractivity contribution in [2.45, 2.75) is 32.1 Å². The van der Waals surface area contributed by atoms with E-state index in [4.69, 9.17) is 28.3 Å². The summed E-state index contributed by atoms with van der Waals surface area (Å²) >= 11 is 11.8. The molecule has 0 radical (unpaired) electrons. The van der Waals surface area contributed by atoms with E-state index >= 15 is 0 Å². The summed E-state index contributed by atoms with van der Waals surface area (Å²) in [5.74, 6) is -0.962. The van der Waals surface area contributed by atoms with Gasteiger partial charge in [-0.1, -0.05) is 29.3 Å². The van der Waals surface area contributed by atoms with Gasteiger partial charge in [-0.15, -0.1) is 0 Å². The van der Waals surface area contributed by atoms with Gasteiger partial charge in [-0.2, -0.15) is 0 Å². The molecule has 0 unspecified atom stereocenters. The molecule has 0 aliphatic carbocycles. The fraction of sp³-hybridized carbons (Fsp3) is 0.500. The molecule has 0 aromatic heterocycles. The summed E-state index contributed by atoms with van der Waals surface area (Å²) < 4.78 is 0. The monoisotopic (exact) mass is 343 g/mol. The zero-order chi connectivity index (χ0) is 16.1. The van der Waals surface area contributed by atoms with Crippen LogP contribution in [0.5, 0.6) is 0 Å². The number of hydrogen-bond donors (Lipinski definition) is 1. The molecule has 1 fully saturated rings. The van der Waals surface area contributed by atoms with Gasteiger partial charge in [-0.25, -0.2) is 0 Å². The number of amides is 1. The molecule has 1 N–H and O–H groups in total. The van der Waals surface area contributed by atoms with Crippen molar-refractivity contribution in [3.05, 3.63) is 33.8 Å². The Morgan fingerprint density at radius 1 is 1.18 bits per heavy atom. The topological polar surface area (TPSA) is 57.6 Å². The van der Waals surface area contributed by atoms with E-state index in [-0.39, 0.29) is 11.8 Å². The third kappa shape index (κ3) is 4.62. The molecule has 6 heteroatoms. The lowest BCUT2D eigenvalue weighted by Gasteiger charge is -2.30. The summed E-state index contributed by atoms with van der Waals surface area (Å²) in [6.07, 6.45) is 3.09. The molecule has 4 nitrogen and oxygen atoms in total. The van der Waals surface area contributed by atoms with Crippen LogP contribution in [0.15, 0.2) is 18.2 Å². The molecule has 1 aromatic carbocycles. The Balaban J connectivity index is 1.74. The molecular formula is C16H19Cl2NO3. The molecule has 1 amide bonds. The maximum atomic E-state index is 12.1. The van der Waals surface area contributed by atoms with Crippen molar-refractivity contribution in [1.82, 2.24) is 4.90 Å². The van der Waals surface area contributed by atoms with E-state index in [1.165, 1.54) is 0 Å². The highest BCUT2D eigenvalue weighted by molar-refractivity contribution is 6.42. The quantitative estimate of drug-likeness (QED) is 0.887. The van der Waals surface area contributed by atoms with Crippen molar-refractivity contribution in [1.29, 1.82) is 0 Å². The van der Waals surface area contributed by atoms with Crippen LogP contribution < -0.4 is 0 Å². The van der Waals surface area contributed by atoms with E-state index < -0.39 is 5.97 Å². The lowest BCUT2D eigenvalue weighted by atomic mass is 9.97. The first-order chi connectivity index (χ1) is 10.5. The minimum atomic E-state index is -0.758. The first-order valence-electron chi connectivity index (χ1n) is 7.42. The number of hydrogen-bond acceptors (Lipinski definition) is 2. The molecule has 1 saturated heterocycles. The van der Waals surface area contributed by atoms with E-state index in [9.17, 15) is 9.59 Å². The number of carbonyl (C=O) groups is 2. The van der Waals surface area contributed by atoms with Crippen LogP contribution in [0.25, 0.3) is 0 Å². The summed E-state index contributed by atoms with van der Waals surface area (Å²) in [7, 11) is 0. The number of carboxylic acids is 1. The van der Waals surface area contributed by atoms with E-state index in [2.05, 4.69) is 0 Å². The van der Waals surface area contributed by atoms with Crippen molar-refractivity contribution in [2.24, 2.45) is 5.92 Å². The van der Waals surface area contributed by atoms with Crippen LogP contribution in [-0.2, 0) is 16.0 Å². The Kier molecular flexibility index (Phi) is 6.09. The normalized spacial score (nSPS) is 15.8. The highest BCUT2D eigenvalue weighted by Gasteiger charge is 2.26. The third-order valence-electron chi connectivity index (χ3n) is 4.04. The number of piperidine rings is 1. The van der Waals surface area contributed by atoms with E-state index in [1.54, 1.807) is 11.0 Å². The Hall–Kier alpha value is -1.26. The largest absolute Gasteiger partial charge is 0.481 e. The smallest absolute Gasteiger partial charge is 0.306 e. The molecule has 22 heavy (non-hydrogen) atoms. The predicted octanol–water partition coefficient (Wildman–Crippen LogP) is 3.64. The molecule has 120 valence electrons. The maximum Gasteiger partial charge on any atom is 0.306 e. The van der Waals surface area contributed by atoms with Gasteiger partial charge >= 0.3 is 5.97 Å². The molecule has 2 rings (SSSR count). The number of halogens is 2. The summed E-state index contributed by atoms with van der Waals surface area (Å²) in [6.45, 7) is 1.09. The van der Waals surface area contributed by atoms with Crippen molar-refractivity contribution in [2.75, 3.05) is 13.1 Å². The van der Waals surface area contributed by atoms with Gasteiger partial charge in [-0.3, -0.25) is 9.59 Å². The van der Waals surface area contributed by atoms with E-state index in [0.29, 0.717) is 42.4 Å². The Morgan fingerprint density at radius 2 is 1.86 bits per heavy atom. The number of benzene rings is 1. The first kappa shape index (κ1) is 17.1. The molecule has 1 heterocycles. The summed E-state index contributed by atoms with van der Waals surface area (Å²) in [4.78, 5) is 24.8. The number of aliphatic carboxylic acids is 1. The average molecular weight is 344 g/mol. The van der Waals surface area contributed by atoms with E-state index in [0.717, 1.165) is 18.4 Å². The summed E-state index contributed by atoms with van der Waals surface area (Å²) in [5, 5.41) is 10.0. The van der Waals surface area contributed by atoms with Gasteiger partial charge in [0, 0.05) is 19.5 Å². The number of rotatable bonds is 5. The second-order valence-corrected chi connectivity index (χ2v) is 6.41. The van der Waals surface area contributed by atoms with Crippen LogP contribution in [0.3, 0.4) is 0 Å². The molecule has 0 saturated carbocycles. The number of carboxylic acid groups (broad SMARTS) is 1. The number of carbonyl (C=O) groups excluding carboxylic acids is 1. The first-order valence-corrected chi connectivity index (χ1v) is 8.17. The average Bonchev–Trinajstić information content (AvgIpc) is 2.51. The highest BCUT2D eigenvalue weighted by Crippen LogP contribution is 2.23. The number of nitrogens with zero attached hydrogens (tertiary/aromatic N) is 1. The van der Waals surface area contributed by atoms with Gasteiger partial charge in [0.05, 0.1) is 16.0 Å². The van der Waals surface area contributed by atoms with Crippen LogP contribution in [0.1, 0.15) is 31.2 Å². The molecule has 1 aromatic rings. The van der Waals surface area contributed by atoms with Crippen LogP contribution in [-0.4, -0.2) is 35.0 Å². The van der Waals surface area contributed by atoms with Gasteiger partial charge < -0.3 is 10.0 Å². The Morgan fingerprint density at radius 3 is 2.45 bits per heavy atom. The highest BCUT2D eigenvalue weighted by atomic mass is 35.5. The van der Waals surface area contributed by atoms with Gasteiger partial charge in [0.1, 0.15) is 0 Å².